The van der Waals surface area contributed by atoms with Gasteiger partial charge in [0.25, 0.3) is 5.54 Å². The number of nitrogens with zero attached hydrogens (tertiary/aromatic N) is 1. The van der Waals surface area contributed by atoms with Gasteiger partial charge in [0.05, 0.1) is 4.88 Å². The first kappa shape index (κ1) is 15.2. The molecule has 3 heteroatoms. The molecule has 1 nitrogen and oxygen atoms in total. The van der Waals surface area contributed by atoms with Crippen molar-refractivity contribution in [2.24, 2.45) is 0 Å². The summed E-state index contributed by atoms with van der Waals surface area (Å²) in [6.07, 6.45) is 1.79. The number of thiophene rings is 1. The summed E-state index contributed by atoms with van der Waals surface area (Å²) in [4.78, 5) is 6.47. The van der Waals surface area contributed by atoms with Gasteiger partial charge in [0.2, 0.25) is 0 Å². The molecule has 2 aromatic rings. The highest BCUT2D eigenvalue weighted by atomic mass is 32.2. The van der Waals surface area contributed by atoms with Crippen LogP contribution in [0.25, 0.3) is 4.85 Å². The summed E-state index contributed by atoms with van der Waals surface area (Å²) < 4.78 is 0. The lowest BCUT2D eigenvalue weighted by molar-refractivity contribution is 0.507. The van der Waals surface area contributed by atoms with Gasteiger partial charge in [0.15, 0.2) is 0 Å². The lowest BCUT2D eigenvalue weighted by Crippen LogP contribution is -2.20. The number of benzene rings is 1. The van der Waals surface area contributed by atoms with E-state index in [1.165, 1.54) is 15.3 Å². The molecular weight excluding hydrogens is 282 g/mol. The van der Waals surface area contributed by atoms with Gasteiger partial charge in [0, 0.05) is 23.5 Å². The molecule has 20 heavy (non-hydrogen) atoms. The molecule has 0 N–H and O–H groups in total. The van der Waals surface area contributed by atoms with E-state index in [2.05, 4.69) is 54.4 Å². The second-order valence-electron chi connectivity index (χ2n) is 4.89. The summed E-state index contributed by atoms with van der Waals surface area (Å²) in [7, 11) is 0. The number of hydrogen-bond donors (Lipinski definition) is 0. The molecule has 0 fully saturated rings. The topological polar surface area (TPSA) is 4.36 Å². The number of rotatable bonds is 6. The molecular formula is C17H19NS2. The molecule has 1 atom stereocenters. The van der Waals surface area contributed by atoms with Crippen LogP contribution in [0.2, 0.25) is 0 Å². The summed E-state index contributed by atoms with van der Waals surface area (Å²) in [6, 6.07) is 12.8. The van der Waals surface area contributed by atoms with E-state index in [1.807, 2.05) is 17.8 Å². The van der Waals surface area contributed by atoms with E-state index >= 15 is 0 Å². The van der Waals surface area contributed by atoms with Crippen molar-refractivity contribution in [3.63, 3.8) is 0 Å². The van der Waals surface area contributed by atoms with Crippen molar-refractivity contribution in [2.75, 3.05) is 5.75 Å². The Morgan fingerprint density at radius 3 is 2.55 bits per heavy atom. The predicted molar refractivity (Wildman–Crippen MR) is 89.4 cm³/mol. The first-order chi connectivity index (χ1) is 9.70. The summed E-state index contributed by atoms with van der Waals surface area (Å²) in [6.45, 7) is 11.8. The Balaban J connectivity index is 2.00. The van der Waals surface area contributed by atoms with Crippen LogP contribution in [0.1, 0.15) is 30.2 Å². The van der Waals surface area contributed by atoms with Crippen molar-refractivity contribution < 1.29 is 0 Å². The lowest BCUT2D eigenvalue weighted by atomic mass is 9.92. The molecule has 104 valence electrons. The van der Waals surface area contributed by atoms with Gasteiger partial charge >= 0.3 is 0 Å². The van der Waals surface area contributed by atoms with Crippen molar-refractivity contribution in [3.8, 4) is 0 Å². The van der Waals surface area contributed by atoms with E-state index in [1.54, 1.807) is 11.3 Å². The number of hydrogen-bond acceptors (Lipinski definition) is 2. The highest BCUT2D eigenvalue weighted by Crippen LogP contribution is 2.38. The smallest absolute Gasteiger partial charge is 0.267 e. The van der Waals surface area contributed by atoms with Gasteiger partial charge in [-0.2, -0.15) is 0 Å². The maximum atomic E-state index is 7.62. The zero-order chi connectivity index (χ0) is 14.4. The van der Waals surface area contributed by atoms with Crippen molar-refractivity contribution >= 4 is 23.1 Å². The summed E-state index contributed by atoms with van der Waals surface area (Å²) in [5, 5.41) is 2.07. The van der Waals surface area contributed by atoms with Crippen LogP contribution in [0.3, 0.4) is 0 Å². The maximum absolute atomic E-state index is 7.62. The van der Waals surface area contributed by atoms with Gasteiger partial charge in [0.1, 0.15) is 0 Å². The molecule has 1 unspecified atom stereocenters. The molecule has 1 aromatic carbocycles. The Morgan fingerprint density at radius 2 is 2.00 bits per heavy atom. The Hall–Kier alpha value is -1.24. The average molecular weight is 301 g/mol. The summed E-state index contributed by atoms with van der Waals surface area (Å²) >= 11 is 3.55. The molecule has 1 aromatic heterocycles. The molecule has 0 saturated heterocycles. The van der Waals surface area contributed by atoms with E-state index in [4.69, 9.17) is 6.57 Å². The predicted octanol–water partition coefficient (Wildman–Crippen LogP) is 5.76. The number of thioether (sulfide) groups is 1. The molecule has 1 heterocycles. The fraction of sp³-hybridized carbons (Fsp3) is 0.353. The van der Waals surface area contributed by atoms with Crippen LogP contribution in [0.5, 0.6) is 0 Å². The molecule has 0 aliphatic rings. The van der Waals surface area contributed by atoms with Gasteiger partial charge in [-0.15, -0.1) is 23.1 Å². The fourth-order valence-corrected chi connectivity index (χ4v) is 4.16. The molecule has 0 aliphatic carbocycles. The first-order valence-corrected chi connectivity index (χ1v) is 8.69. The minimum absolute atomic E-state index is 0.328. The normalized spacial score (nSPS) is 13.7. The standard InChI is InChI=1S/C17H19NS2/c1-4-17(18-3,16-6-5-12-20-16)11-13-19-15-9-7-14(2)8-10-15/h5-10,12H,4,11,13H2,1-2H3. The highest BCUT2D eigenvalue weighted by molar-refractivity contribution is 7.99. The van der Waals surface area contributed by atoms with Crippen LogP contribution in [0.15, 0.2) is 46.7 Å². The van der Waals surface area contributed by atoms with Gasteiger partial charge in [-0.25, -0.2) is 6.57 Å². The van der Waals surface area contributed by atoms with Crippen molar-refractivity contribution in [3.05, 3.63) is 63.6 Å². The van der Waals surface area contributed by atoms with Crippen LogP contribution >= 0.6 is 23.1 Å². The molecule has 2 rings (SSSR count). The Morgan fingerprint density at radius 1 is 1.25 bits per heavy atom. The molecule has 0 aliphatic heterocycles. The third-order valence-corrected chi connectivity index (χ3v) is 5.66. The third kappa shape index (κ3) is 3.45. The summed E-state index contributed by atoms with van der Waals surface area (Å²) in [5.41, 5.74) is 0.961. The van der Waals surface area contributed by atoms with Crippen LogP contribution in [-0.2, 0) is 5.54 Å². The van der Waals surface area contributed by atoms with E-state index in [-0.39, 0.29) is 5.54 Å². The molecule has 0 amide bonds. The van der Waals surface area contributed by atoms with E-state index in [0.717, 1.165) is 18.6 Å². The lowest BCUT2D eigenvalue weighted by Gasteiger charge is -2.18. The van der Waals surface area contributed by atoms with E-state index in [9.17, 15) is 0 Å². The van der Waals surface area contributed by atoms with Gasteiger partial charge in [-0.1, -0.05) is 30.7 Å². The quantitative estimate of drug-likeness (QED) is 0.484. The molecule has 0 radical (unpaired) electrons. The monoisotopic (exact) mass is 301 g/mol. The van der Waals surface area contributed by atoms with Crippen LogP contribution in [0.4, 0.5) is 0 Å². The van der Waals surface area contributed by atoms with Gasteiger partial charge in [-0.05, 0) is 30.5 Å². The average Bonchev–Trinajstić information content (AvgIpc) is 3.01. The minimum Gasteiger partial charge on any atom is -0.304 e. The summed E-state index contributed by atoms with van der Waals surface area (Å²) in [5.74, 6) is 0.983. The second kappa shape index (κ2) is 6.97. The van der Waals surface area contributed by atoms with Crippen LogP contribution < -0.4 is 0 Å². The molecule has 0 saturated carbocycles. The Labute approximate surface area is 129 Å². The maximum Gasteiger partial charge on any atom is 0.267 e. The second-order valence-corrected chi connectivity index (χ2v) is 7.00. The fourth-order valence-electron chi connectivity index (χ4n) is 2.18. The SMILES string of the molecule is [C-]#[N+]C(CC)(CCSc1ccc(C)cc1)c1cccs1. The van der Waals surface area contributed by atoms with Crippen LogP contribution in [-0.4, -0.2) is 5.75 Å². The third-order valence-electron chi connectivity index (χ3n) is 3.58. The number of aryl methyl sites for hydroxylation is 1. The zero-order valence-electron chi connectivity index (χ0n) is 11.9. The zero-order valence-corrected chi connectivity index (χ0v) is 13.6. The van der Waals surface area contributed by atoms with Crippen molar-refractivity contribution in [1.82, 2.24) is 0 Å². The van der Waals surface area contributed by atoms with Crippen LogP contribution in [0, 0.1) is 13.5 Å². The molecule has 0 spiro atoms. The Kier molecular flexibility index (Phi) is 5.28. The first-order valence-electron chi connectivity index (χ1n) is 6.82. The van der Waals surface area contributed by atoms with Crippen molar-refractivity contribution in [2.45, 2.75) is 37.1 Å². The molecule has 0 bridgehead atoms. The highest BCUT2D eigenvalue weighted by Gasteiger charge is 2.37. The largest absolute Gasteiger partial charge is 0.304 e. The van der Waals surface area contributed by atoms with Crippen molar-refractivity contribution in [1.29, 1.82) is 0 Å². The van der Waals surface area contributed by atoms with E-state index in [0.29, 0.717) is 0 Å². The van der Waals surface area contributed by atoms with Gasteiger partial charge < -0.3 is 4.85 Å². The Bertz CT molecular complexity index is 566. The minimum atomic E-state index is -0.328. The van der Waals surface area contributed by atoms with Gasteiger partial charge in [-0.3, -0.25) is 0 Å². The van der Waals surface area contributed by atoms with E-state index < -0.39 is 0 Å².